The first kappa shape index (κ1) is 5.58. The van der Waals surface area contributed by atoms with Crippen LogP contribution in [0.1, 0.15) is 38.5 Å². The molecule has 3 unspecified atom stereocenters. The Morgan fingerprint density at radius 1 is 1.18 bits per heavy atom. The van der Waals surface area contributed by atoms with Gasteiger partial charge in [-0.05, 0) is 50.4 Å². The maximum Gasteiger partial charge on any atom is 0.101 e. The molecule has 3 atom stereocenters. The third kappa shape index (κ3) is 0.438. The molecule has 4 aliphatic rings. The molecule has 0 aromatic carbocycles. The molecule has 3 saturated carbocycles. The molecule has 1 aliphatic heterocycles. The van der Waals surface area contributed by atoms with Crippen molar-refractivity contribution >= 4 is 0 Å². The summed E-state index contributed by atoms with van der Waals surface area (Å²) >= 11 is 0. The fourth-order valence-electron chi connectivity index (χ4n) is 3.92. The molecule has 3 aliphatic carbocycles. The van der Waals surface area contributed by atoms with Crippen LogP contribution in [0.2, 0.25) is 0 Å². The minimum absolute atomic E-state index is 0.468. The summed E-state index contributed by atoms with van der Waals surface area (Å²) in [7, 11) is 0. The van der Waals surface area contributed by atoms with E-state index in [2.05, 4.69) is 0 Å². The molecule has 2 bridgehead atoms. The number of rotatable bonds is 0. The molecular weight excluding hydrogens is 136 g/mol. The van der Waals surface area contributed by atoms with Crippen LogP contribution in [0.15, 0.2) is 0 Å². The Labute approximate surface area is 67.1 Å². The Morgan fingerprint density at radius 3 is 2.55 bits per heavy atom. The van der Waals surface area contributed by atoms with Gasteiger partial charge in [-0.3, -0.25) is 0 Å². The first-order valence-electron chi connectivity index (χ1n) is 5.05. The van der Waals surface area contributed by atoms with E-state index in [9.17, 15) is 0 Å². The molecule has 60 valence electrons. The fourth-order valence-corrected chi connectivity index (χ4v) is 3.92. The molecule has 11 heavy (non-hydrogen) atoms. The van der Waals surface area contributed by atoms with E-state index in [0.717, 1.165) is 11.8 Å². The van der Waals surface area contributed by atoms with Crippen LogP contribution in [-0.2, 0) is 4.74 Å². The lowest BCUT2D eigenvalue weighted by Gasteiger charge is -2.17. The largest absolute Gasteiger partial charge is 0.362 e. The Morgan fingerprint density at radius 2 is 2.09 bits per heavy atom. The Bertz CT molecular complexity index is 231. The van der Waals surface area contributed by atoms with Crippen molar-refractivity contribution in [2.24, 2.45) is 11.8 Å². The number of ether oxygens (including phenoxy) is 1. The zero-order valence-corrected chi connectivity index (χ0v) is 6.81. The topological polar surface area (TPSA) is 12.5 Å². The zero-order valence-electron chi connectivity index (χ0n) is 6.81. The second kappa shape index (κ2) is 1.28. The van der Waals surface area contributed by atoms with Gasteiger partial charge in [-0.1, -0.05) is 0 Å². The average molecular weight is 150 g/mol. The lowest BCUT2D eigenvalue weighted by molar-refractivity contribution is 0.215. The number of fused-ring (bicyclic) bond motifs is 4. The van der Waals surface area contributed by atoms with E-state index in [4.69, 9.17) is 4.74 Å². The molecule has 4 fully saturated rings. The van der Waals surface area contributed by atoms with E-state index in [1.165, 1.54) is 38.5 Å². The molecule has 0 radical (unpaired) electrons. The van der Waals surface area contributed by atoms with E-state index in [-0.39, 0.29) is 0 Å². The molecule has 1 heterocycles. The summed E-state index contributed by atoms with van der Waals surface area (Å²) in [6, 6.07) is 0. The minimum atomic E-state index is 0.468. The van der Waals surface area contributed by atoms with Gasteiger partial charge in [0.25, 0.3) is 0 Å². The standard InChI is InChI=1S/C10H14O/c1-2-8-5-7(1)6-10(8)9(11-10)3-4-9/h7-8H,1-6H2. The smallest absolute Gasteiger partial charge is 0.101 e. The van der Waals surface area contributed by atoms with Crippen molar-refractivity contribution < 1.29 is 4.74 Å². The van der Waals surface area contributed by atoms with Crippen LogP contribution in [0.5, 0.6) is 0 Å². The monoisotopic (exact) mass is 150 g/mol. The summed E-state index contributed by atoms with van der Waals surface area (Å²) in [5, 5.41) is 0. The Kier molecular flexibility index (Phi) is 0.651. The molecule has 2 spiro atoms. The minimum Gasteiger partial charge on any atom is -0.362 e. The van der Waals surface area contributed by atoms with Crippen molar-refractivity contribution in [3.63, 3.8) is 0 Å². The van der Waals surface area contributed by atoms with Crippen molar-refractivity contribution in [1.29, 1.82) is 0 Å². The van der Waals surface area contributed by atoms with Crippen LogP contribution >= 0.6 is 0 Å². The predicted octanol–water partition coefficient (Wildman–Crippen LogP) is 2.11. The second-order valence-electron chi connectivity index (χ2n) is 5.07. The Balaban J connectivity index is 1.76. The van der Waals surface area contributed by atoms with Crippen LogP contribution < -0.4 is 0 Å². The van der Waals surface area contributed by atoms with Gasteiger partial charge < -0.3 is 4.74 Å². The van der Waals surface area contributed by atoms with E-state index < -0.39 is 0 Å². The van der Waals surface area contributed by atoms with Crippen molar-refractivity contribution in [2.45, 2.75) is 49.7 Å². The number of hydrogen-bond donors (Lipinski definition) is 0. The lowest BCUT2D eigenvalue weighted by Crippen LogP contribution is -2.23. The molecule has 0 aromatic heterocycles. The molecule has 4 rings (SSSR count). The average Bonchev–Trinajstić information content (AvgIpc) is 2.75. The van der Waals surface area contributed by atoms with Gasteiger partial charge in [0, 0.05) is 0 Å². The first-order chi connectivity index (χ1) is 5.35. The summed E-state index contributed by atoms with van der Waals surface area (Å²) in [6.07, 6.45) is 8.68. The quantitative estimate of drug-likeness (QED) is 0.482. The lowest BCUT2D eigenvalue weighted by atomic mass is 9.85. The maximum atomic E-state index is 6.00. The van der Waals surface area contributed by atoms with Gasteiger partial charge in [0.1, 0.15) is 5.60 Å². The highest BCUT2D eigenvalue weighted by Crippen LogP contribution is 2.75. The van der Waals surface area contributed by atoms with E-state index in [0.29, 0.717) is 11.2 Å². The van der Waals surface area contributed by atoms with Crippen LogP contribution in [-0.4, -0.2) is 11.2 Å². The third-order valence-electron chi connectivity index (χ3n) is 4.60. The SMILES string of the molecule is C1CC2CC1CC21OC12CC2. The van der Waals surface area contributed by atoms with Crippen LogP contribution in [0.25, 0.3) is 0 Å². The highest BCUT2D eigenvalue weighted by atomic mass is 16.6. The van der Waals surface area contributed by atoms with Crippen molar-refractivity contribution in [2.75, 3.05) is 0 Å². The fraction of sp³-hybridized carbons (Fsp3) is 1.00. The first-order valence-corrected chi connectivity index (χ1v) is 5.05. The molecule has 1 nitrogen and oxygen atoms in total. The van der Waals surface area contributed by atoms with E-state index >= 15 is 0 Å². The predicted molar refractivity (Wildman–Crippen MR) is 41.2 cm³/mol. The summed E-state index contributed by atoms with van der Waals surface area (Å²) in [5.41, 5.74) is 0.947. The van der Waals surface area contributed by atoms with Crippen molar-refractivity contribution in [1.82, 2.24) is 0 Å². The molecular formula is C10H14O. The van der Waals surface area contributed by atoms with Gasteiger partial charge in [-0.25, -0.2) is 0 Å². The molecule has 0 aromatic rings. The number of hydrogen-bond acceptors (Lipinski definition) is 1. The maximum absolute atomic E-state index is 6.00. The Hall–Kier alpha value is -0.0400. The van der Waals surface area contributed by atoms with Crippen LogP contribution in [0.4, 0.5) is 0 Å². The zero-order chi connectivity index (χ0) is 7.10. The normalized spacial score (nSPS) is 61.1. The van der Waals surface area contributed by atoms with Gasteiger partial charge >= 0.3 is 0 Å². The van der Waals surface area contributed by atoms with Gasteiger partial charge in [0.05, 0.1) is 5.60 Å². The number of epoxide rings is 1. The summed E-state index contributed by atoms with van der Waals surface area (Å²) < 4.78 is 6.00. The summed E-state index contributed by atoms with van der Waals surface area (Å²) in [6.45, 7) is 0. The molecule has 0 N–H and O–H groups in total. The van der Waals surface area contributed by atoms with Gasteiger partial charge in [0.2, 0.25) is 0 Å². The van der Waals surface area contributed by atoms with E-state index in [1.54, 1.807) is 0 Å². The highest BCUT2D eigenvalue weighted by molar-refractivity contribution is 5.30. The van der Waals surface area contributed by atoms with Gasteiger partial charge in [-0.2, -0.15) is 0 Å². The summed E-state index contributed by atoms with van der Waals surface area (Å²) in [4.78, 5) is 0. The molecule has 1 heteroatoms. The van der Waals surface area contributed by atoms with Crippen molar-refractivity contribution in [3.8, 4) is 0 Å². The van der Waals surface area contributed by atoms with E-state index in [1.807, 2.05) is 0 Å². The molecule has 0 amide bonds. The van der Waals surface area contributed by atoms with Crippen LogP contribution in [0.3, 0.4) is 0 Å². The molecule has 1 saturated heterocycles. The van der Waals surface area contributed by atoms with Gasteiger partial charge in [0.15, 0.2) is 0 Å². The second-order valence-corrected chi connectivity index (χ2v) is 5.07. The third-order valence-corrected chi connectivity index (χ3v) is 4.60. The van der Waals surface area contributed by atoms with Crippen LogP contribution in [0, 0.1) is 11.8 Å². The van der Waals surface area contributed by atoms with Crippen molar-refractivity contribution in [3.05, 3.63) is 0 Å². The summed E-state index contributed by atoms with van der Waals surface area (Å²) in [5.74, 6) is 2.04. The van der Waals surface area contributed by atoms with Gasteiger partial charge in [-0.15, -0.1) is 0 Å². The highest BCUT2D eigenvalue weighted by Gasteiger charge is 2.81.